The lowest BCUT2D eigenvalue weighted by Crippen LogP contribution is -2.14. The molecule has 7 heteroatoms. The van der Waals surface area contributed by atoms with Gasteiger partial charge in [0.05, 0.1) is 7.11 Å². The molecule has 2 aromatic heterocycles. The number of nitrogens with one attached hydrogen (secondary N) is 2. The molecule has 0 bridgehead atoms. The highest BCUT2D eigenvalue weighted by Gasteiger charge is 2.10. The zero-order valence-electron chi connectivity index (χ0n) is 14.7. The van der Waals surface area contributed by atoms with E-state index >= 15 is 0 Å². The topological polar surface area (TPSA) is 89.3 Å². The minimum Gasteiger partial charge on any atom is -0.497 e. The van der Waals surface area contributed by atoms with E-state index in [-0.39, 0.29) is 5.91 Å². The Balaban J connectivity index is 1.57. The molecular formula is C19H20N4O3. The van der Waals surface area contributed by atoms with E-state index in [0.717, 1.165) is 24.4 Å². The molecule has 0 saturated heterocycles. The maximum Gasteiger partial charge on any atom is 0.275 e. The molecule has 0 aliphatic rings. The van der Waals surface area contributed by atoms with Crippen molar-refractivity contribution in [2.24, 2.45) is 0 Å². The molecule has 3 aromatic rings. The molecular weight excluding hydrogens is 332 g/mol. The van der Waals surface area contributed by atoms with Gasteiger partial charge in [-0.15, -0.1) is 0 Å². The number of aryl methyl sites for hydroxylation is 1. The molecule has 1 aromatic carbocycles. The van der Waals surface area contributed by atoms with Crippen molar-refractivity contribution in [2.45, 2.75) is 13.3 Å². The van der Waals surface area contributed by atoms with Gasteiger partial charge in [-0.1, -0.05) is 17.3 Å². The van der Waals surface area contributed by atoms with Gasteiger partial charge in [0.15, 0.2) is 5.82 Å². The predicted molar refractivity (Wildman–Crippen MR) is 98.6 cm³/mol. The van der Waals surface area contributed by atoms with E-state index in [2.05, 4.69) is 26.8 Å². The number of nitrogens with zero attached hydrogens (tertiary/aromatic N) is 2. The first kappa shape index (κ1) is 17.5. The Bertz CT molecular complexity index is 892. The lowest BCUT2D eigenvalue weighted by Gasteiger charge is -2.08. The molecule has 7 nitrogen and oxygen atoms in total. The van der Waals surface area contributed by atoms with Crippen LogP contribution in [0.15, 0.2) is 53.2 Å². The van der Waals surface area contributed by atoms with Crippen LogP contribution in [-0.4, -0.2) is 29.7 Å². The first-order valence-corrected chi connectivity index (χ1v) is 8.21. The summed E-state index contributed by atoms with van der Waals surface area (Å²) in [7, 11) is 1.65. The SMILES string of the molecule is COc1cccc(CCNc2ccnc(C(=O)Nc3cc(C)on3)c2)c1. The Kier molecular flexibility index (Phi) is 5.48. The van der Waals surface area contributed by atoms with Gasteiger partial charge in [-0.2, -0.15) is 0 Å². The number of anilines is 2. The standard InChI is InChI=1S/C19H20N4O3/c1-13-10-18(23-26-13)22-19(24)17-12-15(7-9-21-17)20-8-6-14-4-3-5-16(11-14)25-2/h3-5,7,9-12H,6,8H2,1-2H3,(H,20,21)(H,22,23,24). The highest BCUT2D eigenvalue weighted by Crippen LogP contribution is 2.14. The number of carbonyl (C=O) groups is 1. The van der Waals surface area contributed by atoms with Crippen LogP contribution in [0, 0.1) is 6.92 Å². The second kappa shape index (κ2) is 8.15. The fraction of sp³-hybridized carbons (Fsp3) is 0.211. The molecule has 3 rings (SSSR count). The Morgan fingerprint density at radius 2 is 2.12 bits per heavy atom. The van der Waals surface area contributed by atoms with Gasteiger partial charge in [-0.25, -0.2) is 0 Å². The van der Waals surface area contributed by atoms with Crippen LogP contribution in [-0.2, 0) is 6.42 Å². The largest absolute Gasteiger partial charge is 0.497 e. The number of carbonyl (C=O) groups excluding carboxylic acids is 1. The van der Waals surface area contributed by atoms with Crippen LogP contribution in [0.3, 0.4) is 0 Å². The zero-order valence-corrected chi connectivity index (χ0v) is 14.7. The van der Waals surface area contributed by atoms with Crippen LogP contribution < -0.4 is 15.4 Å². The van der Waals surface area contributed by atoms with Crippen molar-refractivity contribution >= 4 is 17.4 Å². The minimum atomic E-state index is -0.338. The van der Waals surface area contributed by atoms with Gasteiger partial charge in [-0.05, 0) is 43.2 Å². The summed E-state index contributed by atoms with van der Waals surface area (Å²) in [6, 6.07) is 13.1. The van der Waals surface area contributed by atoms with E-state index in [1.165, 1.54) is 5.56 Å². The maximum atomic E-state index is 12.2. The summed E-state index contributed by atoms with van der Waals surface area (Å²) >= 11 is 0. The number of rotatable bonds is 7. The molecule has 2 heterocycles. The summed E-state index contributed by atoms with van der Waals surface area (Å²) in [4.78, 5) is 16.3. The highest BCUT2D eigenvalue weighted by molar-refractivity contribution is 6.02. The Morgan fingerprint density at radius 1 is 1.23 bits per heavy atom. The molecule has 0 saturated carbocycles. The quantitative estimate of drug-likeness (QED) is 0.678. The monoisotopic (exact) mass is 352 g/mol. The van der Waals surface area contributed by atoms with Crippen LogP contribution in [0.5, 0.6) is 5.75 Å². The molecule has 26 heavy (non-hydrogen) atoms. The van der Waals surface area contributed by atoms with Gasteiger partial charge in [0, 0.05) is 24.5 Å². The minimum absolute atomic E-state index is 0.303. The van der Waals surface area contributed by atoms with E-state index < -0.39 is 0 Å². The van der Waals surface area contributed by atoms with Crippen LogP contribution in [0.25, 0.3) is 0 Å². The average Bonchev–Trinajstić information content (AvgIpc) is 3.07. The fourth-order valence-corrected chi connectivity index (χ4v) is 2.45. The summed E-state index contributed by atoms with van der Waals surface area (Å²) in [5.74, 6) is 1.50. The van der Waals surface area contributed by atoms with Crippen molar-refractivity contribution in [3.63, 3.8) is 0 Å². The summed E-state index contributed by atoms with van der Waals surface area (Å²) in [6.45, 7) is 2.48. The molecule has 0 aliphatic heterocycles. The Morgan fingerprint density at radius 3 is 2.88 bits per heavy atom. The molecule has 1 amide bonds. The highest BCUT2D eigenvalue weighted by atomic mass is 16.5. The van der Waals surface area contributed by atoms with Crippen molar-refractivity contribution in [3.8, 4) is 5.75 Å². The van der Waals surface area contributed by atoms with E-state index in [9.17, 15) is 4.79 Å². The third kappa shape index (κ3) is 4.60. The third-order valence-electron chi connectivity index (χ3n) is 3.74. The normalized spacial score (nSPS) is 10.4. The lowest BCUT2D eigenvalue weighted by atomic mass is 10.1. The lowest BCUT2D eigenvalue weighted by molar-refractivity contribution is 0.102. The summed E-state index contributed by atoms with van der Waals surface area (Å²) < 4.78 is 10.2. The van der Waals surface area contributed by atoms with Crippen molar-refractivity contribution < 1.29 is 14.1 Å². The zero-order chi connectivity index (χ0) is 18.4. The molecule has 0 unspecified atom stereocenters. The molecule has 0 aliphatic carbocycles. The molecule has 2 N–H and O–H groups in total. The van der Waals surface area contributed by atoms with Gasteiger partial charge in [0.1, 0.15) is 17.2 Å². The fourth-order valence-electron chi connectivity index (χ4n) is 2.45. The number of aromatic nitrogens is 2. The van der Waals surface area contributed by atoms with Crippen molar-refractivity contribution in [1.82, 2.24) is 10.1 Å². The second-order valence-corrected chi connectivity index (χ2v) is 5.73. The summed E-state index contributed by atoms with van der Waals surface area (Å²) in [5, 5.41) is 9.69. The van der Waals surface area contributed by atoms with Gasteiger partial charge in [0.25, 0.3) is 5.91 Å². The number of methoxy groups -OCH3 is 1. The smallest absolute Gasteiger partial charge is 0.275 e. The van der Waals surface area contributed by atoms with Crippen LogP contribution in [0.4, 0.5) is 11.5 Å². The Labute approximate surface area is 151 Å². The number of ether oxygens (including phenoxy) is 1. The second-order valence-electron chi connectivity index (χ2n) is 5.73. The number of hydrogen-bond acceptors (Lipinski definition) is 6. The average molecular weight is 352 g/mol. The molecule has 0 spiro atoms. The van der Waals surface area contributed by atoms with Gasteiger partial charge in [-0.3, -0.25) is 9.78 Å². The van der Waals surface area contributed by atoms with Crippen LogP contribution >= 0.6 is 0 Å². The maximum absolute atomic E-state index is 12.2. The van der Waals surface area contributed by atoms with Gasteiger partial charge >= 0.3 is 0 Å². The predicted octanol–water partition coefficient (Wildman–Crippen LogP) is 3.29. The molecule has 0 radical (unpaired) electrons. The van der Waals surface area contributed by atoms with E-state index in [1.54, 1.807) is 32.4 Å². The molecule has 0 atom stereocenters. The number of pyridine rings is 1. The van der Waals surface area contributed by atoms with Crippen LogP contribution in [0.2, 0.25) is 0 Å². The number of amides is 1. The van der Waals surface area contributed by atoms with Gasteiger partial charge < -0.3 is 19.9 Å². The molecule has 0 fully saturated rings. The van der Waals surface area contributed by atoms with Crippen molar-refractivity contribution in [1.29, 1.82) is 0 Å². The number of benzene rings is 1. The first-order valence-electron chi connectivity index (χ1n) is 8.21. The molecule has 134 valence electrons. The number of hydrogen-bond donors (Lipinski definition) is 2. The summed E-state index contributed by atoms with van der Waals surface area (Å²) in [5.41, 5.74) is 2.30. The first-order chi connectivity index (χ1) is 12.6. The van der Waals surface area contributed by atoms with E-state index in [1.807, 2.05) is 24.3 Å². The summed E-state index contributed by atoms with van der Waals surface area (Å²) in [6.07, 6.45) is 2.43. The van der Waals surface area contributed by atoms with E-state index in [0.29, 0.717) is 17.3 Å². The van der Waals surface area contributed by atoms with Gasteiger partial charge in [0.2, 0.25) is 0 Å². The van der Waals surface area contributed by atoms with Crippen molar-refractivity contribution in [2.75, 3.05) is 24.3 Å². The Hall–Kier alpha value is -3.35. The van der Waals surface area contributed by atoms with Crippen LogP contribution in [0.1, 0.15) is 21.8 Å². The third-order valence-corrected chi connectivity index (χ3v) is 3.74. The van der Waals surface area contributed by atoms with Crippen molar-refractivity contribution in [3.05, 3.63) is 65.7 Å². The van der Waals surface area contributed by atoms with E-state index in [4.69, 9.17) is 9.26 Å².